The van der Waals surface area contributed by atoms with Crippen molar-refractivity contribution < 1.29 is 9.90 Å². The first kappa shape index (κ1) is 13.7. The van der Waals surface area contributed by atoms with Crippen molar-refractivity contribution in [3.05, 3.63) is 35.4 Å². The van der Waals surface area contributed by atoms with E-state index in [1.807, 2.05) is 31.2 Å². The van der Waals surface area contributed by atoms with Crippen molar-refractivity contribution in [2.24, 2.45) is 0 Å². The standard InChI is InChI=1S/C13H20N2O2/c1-3-15(2)13(17)9-14-8-11-5-4-6-12(7-11)10-16/h4-7,14,16H,3,8-10H2,1-2H3. The minimum atomic E-state index is 0.0470. The van der Waals surface area contributed by atoms with Gasteiger partial charge >= 0.3 is 0 Å². The number of hydrogen-bond donors (Lipinski definition) is 2. The van der Waals surface area contributed by atoms with E-state index in [9.17, 15) is 4.79 Å². The van der Waals surface area contributed by atoms with Gasteiger partial charge in [-0.25, -0.2) is 0 Å². The van der Waals surface area contributed by atoms with Crippen molar-refractivity contribution in [2.45, 2.75) is 20.1 Å². The van der Waals surface area contributed by atoms with Crippen molar-refractivity contribution in [1.82, 2.24) is 10.2 Å². The average molecular weight is 236 g/mol. The van der Waals surface area contributed by atoms with Gasteiger partial charge in [0.2, 0.25) is 5.91 Å². The predicted octanol–water partition coefficient (Wildman–Crippen LogP) is 0.747. The molecule has 0 heterocycles. The molecule has 0 radical (unpaired) electrons. The fourth-order valence-corrected chi connectivity index (χ4v) is 1.46. The summed E-state index contributed by atoms with van der Waals surface area (Å²) in [5, 5.41) is 12.1. The van der Waals surface area contributed by atoms with Crippen LogP contribution in [0.2, 0.25) is 0 Å². The fraction of sp³-hybridized carbons (Fsp3) is 0.462. The molecule has 0 aliphatic heterocycles. The quantitative estimate of drug-likeness (QED) is 0.766. The molecule has 1 aromatic rings. The van der Waals surface area contributed by atoms with Crippen LogP contribution < -0.4 is 5.32 Å². The lowest BCUT2D eigenvalue weighted by molar-refractivity contribution is -0.128. The Morgan fingerprint density at radius 1 is 1.41 bits per heavy atom. The summed E-state index contributed by atoms with van der Waals surface area (Å²) in [6.07, 6.45) is 0. The van der Waals surface area contributed by atoms with E-state index in [2.05, 4.69) is 5.32 Å². The molecule has 0 spiro atoms. The molecular weight excluding hydrogens is 216 g/mol. The zero-order valence-electron chi connectivity index (χ0n) is 10.4. The number of hydrogen-bond acceptors (Lipinski definition) is 3. The van der Waals surface area contributed by atoms with Gasteiger partial charge in [0.05, 0.1) is 13.2 Å². The van der Waals surface area contributed by atoms with Crippen molar-refractivity contribution in [3.63, 3.8) is 0 Å². The van der Waals surface area contributed by atoms with Crippen molar-refractivity contribution in [1.29, 1.82) is 0 Å². The van der Waals surface area contributed by atoms with E-state index in [0.717, 1.165) is 17.7 Å². The van der Waals surface area contributed by atoms with E-state index in [1.54, 1.807) is 11.9 Å². The highest BCUT2D eigenvalue weighted by molar-refractivity contribution is 5.77. The first-order valence-corrected chi connectivity index (χ1v) is 5.80. The minimum Gasteiger partial charge on any atom is -0.392 e. The third kappa shape index (κ3) is 4.54. The van der Waals surface area contributed by atoms with Gasteiger partial charge in [0.1, 0.15) is 0 Å². The van der Waals surface area contributed by atoms with Crippen LogP contribution in [0.5, 0.6) is 0 Å². The molecule has 4 heteroatoms. The van der Waals surface area contributed by atoms with Gasteiger partial charge in [-0.3, -0.25) is 4.79 Å². The summed E-state index contributed by atoms with van der Waals surface area (Å²) in [6, 6.07) is 7.68. The summed E-state index contributed by atoms with van der Waals surface area (Å²) in [5.74, 6) is 0.0887. The van der Waals surface area contributed by atoms with E-state index in [1.165, 1.54) is 0 Å². The number of rotatable bonds is 6. The monoisotopic (exact) mass is 236 g/mol. The SMILES string of the molecule is CCN(C)C(=O)CNCc1cccc(CO)c1. The maximum atomic E-state index is 11.5. The smallest absolute Gasteiger partial charge is 0.236 e. The largest absolute Gasteiger partial charge is 0.392 e. The number of amides is 1. The van der Waals surface area contributed by atoms with Gasteiger partial charge < -0.3 is 15.3 Å². The lowest BCUT2D eigenvalue weighted by Gasteiger charge is -2.14. The van der Waals surface area contributed by atoms with Crippen LogP contribution in [0.15, 0.2) is 24.3 Å². The predicted molar refractivity (Wildman–Crippen MR) is 67.4 cm³/mol. The molecule has 0 atom stereocenters. The summed E-state index contributed by atoms with van der Waals surface area (Å²) in [5.41, 5.74) is 1.96. The third-order valence-corrected chi connectivity index (χ3v) is 2.68. The van der Waals surface area contributed by atoms with E-state index in [4.69, 9.17) is 5.11 Å². The average Bonchev–Trinajstić information content (AvgIpc) is 2.37. The highest BCUT2D eigenvalue weighted by Gasteiger charge is 2.05. The molecule has 1 amide bonds. The molecule has 2 N–H and O–H groups in total. The van der Waals surface area contributed by atoms with Crippen LogP contribution in [0.25, 0.3) is 0 Å². The number of nitrogens with one attached hydrogen (secondary N) is 1. The molecule has 0 aromatic heterocycles. The first-order valence-electron chi connectivity index (χ1n) is 5.80. The third-order valence-electron chi connectivity index (χ3n) is 2.68. The zero-order chi connectivity index (χ0) is 12.7. The summed E-state index contributed by atoms with van der Waals surface area (Å²) < 4.78 is 0. The summed E-state index contributed by atoms with van der Waals surface area (Å²) in [6.45, 7) is 3.69. The van der Waals surface area contributed by atoms with Gasteiger partial charge in [0.15, 0.2) is 0 Å². The van der Waals surface area contributed by atoms with Gasteiger partial charge in [-0.15, -0.1) is 0 Å². The van der Waals surface area contributed by atoms with E-state index in [-0.39, 0.29) is 12.5 Å². The Balaban J connectivity index is 2.37. The Morgan fingerprint density at radius 2 is 2.12 bits per heavy atom. The summed E-state index contributed by atoms with van der Waals surface area (Å²) in [4.78, 5) is 13.2. The molecule has 0 bridgehead atoms. The second-order valence-electron chi connectivity index (χ2n) is 3.99. The lowest BCUT2D eigenvalue weighted by atomic mass is 10.1. The first-order chi connectivity index (χ1) is 8.17. The van der Waals surface area contributed by atoms with Crippen LogP contribution >= 0.6 is 0 Å². The van der Waals surface area contributed by atoms with E-state index < -0.39 is 0 Å². The molecule has 0 aliphatic carbocycles. The molecule has 0 aliphatic rings. The van der Waals surface area contributed by atoms with Crippen molar-refractivity contribution >= 4 is 5.91 Å². The zero-order valence-corrected chi connectivity index (χ0v) is 10.4. The number of aliphatic hydroxyl groups excluding tert-OH is 1. The molecule has 4 nitrogen and oxygen atoms in total. The normalized spacial score (nSPS) is 10.3. The van der Waals surface area contributed by atoms with Crippen molar-refractivity contribution in [2.75, 3.05) is 20.1 Å². The number of aliphatic hydroxyl groups is 1. The molecule has 0 fully saturated rings. The Kier molecular flexibility index (Phi) is 5.66. The van der Waals surface area contributed by atoms with Crippen LogP contribution in [0.4, 0.5) is 0 Å². The van der Waals surface area contributed by atoms with E-state index >= 15 is 0 Å². The van der Waals surface area contributed by atoms with Gasteiger partial charge in [-0.1, -0.05) is 24.3 Å². The number of likely N-dealkylation sites (N-methyl/N-ethyl adjacent to an activating group) is 1. The Morgan fingerprint density at radius 3 is 2.76 bits per heavy atom. The second-order valence-corrected chi connectivity index (χ2v) is 3.99. The van der Waals surface area contributed by atoms with Crippen LogP contribution in [0.1, 0.15) is 18.1 Å². The molecule has 0 saturated carbocycles. The molecule has 94 valence electrons. The highest BCUT2D eigenvalue weighted by atomic mass is 16.3. The van der Waals surface area contributed by atoms with E-state index in [0.29, 0.717) is 13.1 Å². The summed E-state index contributed by atoms with van der Waals surface area (Å²) in [7, 11) is 1.79. The van der Waals surface area contributed by atoms with Crippen molar-refractivity contribution in [3.8, 4) is 0 Å². The van der Waals surface area contributed by atoms with Gasteiger partial charge in [-0.05, 0) is 18.1 Å². The van der Waals surface area contributed by atoms with Crippen LogP contribution in [0.3, 0.4) is 0 Å². The highest BCUT2D eigenvalue weighted by Crippen LogP contribution is 2.04. The second kappa shape index (κ2) is 7.04. The van der Waals surface area contributed by atoms with Crippen LogP contribution in [-0.2, 0) is 17.9 Å². The maximum absolute atomic E-state index is 11.5. The van der Waals surface area contributed by atoms with Gasteiger partial charge in [0, 0.05) is 20.1 Å². The molecule has 0 unspecified atom stereocenters. The fourth-order valence-electron chi connectivity index (χ4n) is 1.46. The maximum Gasteiger partial charge on any atom is 0.236 e. The number of nitrogens with zero attached hydrogens (tertiary/aromatic N) is 1. The molecular formula is C13H20N2O2. The number of carbonyl (C=O) groups excluding carboxylic acids is 1. The molecule has 0 saturated heterocycles. The number of benzene rings is 1. The van der Waals surface area contributed by atoms with Gasteiger partial charge in [-0.2, -0.15) is 0 Å². The number of carbonyl (C=O) groups is 1. The molecule has 17 heavy (non-hydrogen) atoms. The van der Waals surface area contributed by atoms with Crippen LogP contribution in [0, 0.1) is 0 Å². The Labute approximate surface area is 102 Å². The van der Waals surface area contributed by atoms with Gasteiger partial charge in [0.25, 0.3) is 0 Å². The molecule has 1 rings (SSSR count). The Bertz CT molecular complexity index is 366. The Hall–Kier alpha value is -1.39. The topological polar surface area (TPSA) is 52.6 Å². The summed E-state index contributed by atoms with van der Waals surface area (Å²) >= 11 is 0. The lowest BCUT2D eigenvalue weighted by Crippen LogP contribution is -2.35. The minimum absolute atomic E-state index is 0.0470. The molecule has 1 aromatic carbocycles. The van der Waals surface area contributed by atoms with Crippen LogP contribution in [-0.4, -0.2) is 36.1 Å².